The quantitative estimate of drug-likeness (QED) is 0.472. The molecule has 3 aromatic rings. The van der Waals surface area contributed by atoms with Crippen LogP contribution < -0.4 is 5.32 Å². The fourth-order valence-corrected chi connectivity index (χ4v) is 4.41. The average molecular weight is 420 g/mol. The SMILES string of the molecule is O=C(Nc1ccc(CCc2ccc(O)cc2O)cc1)C1=C(O)c2ccccc2SC1. The van der Waals surface area contributed by atoms with Crippen molar-refractivity contribution >= 4 is 29.1 Å². The van der Waals surface area contributed by atoms with Gasteiger partial charge in [0.25, 0.3) is 5.91 Å². The molecule has 0 aromatic heterocycles. The standard InChI is InChI=1S/C24H21NO4S/c26-18-12-9-16(21(27)13-18)8-5-15-6-10-17(11-7-15)25-24(29)20-14-30-22-4-2-1-3-19(22)23(20)28/h1-4,6-7,9-13,26-28H,5,8,14H2,(H,25,29). The smallest absolute Gasteiger partial charge is 0.256 e. The molecule has 1 heterocycles. The molecule has 0 atom stereocenters. The number of nitrogens with one attached hydrogen (secondary N) is 1. The molecular formula is C24H21NO4S. The van der Waals surface area contributed by atoms with Gasteiger partial charge < -0.3 is 20.6 Å². The number of hydrogen-bond donors (Lipinski definition) is 4. The highest BCUT2D eigenvalue weighted by atomic mass is 32.2. The summed E-state index contributed by atoms with van der Waals surface area (Å²) in [6.45, 7) is 0. The minimum atomic E-state index is -0.309. The summed E-state index contributed by atoms with van der Waals surface area (Å²) in [5.74, 6) is 0.266. The number of carbonyl (C=O) groups excluding carboxylic acids is 1. The van der Waals surface area contributed by atoms with E-state index >= 15 is 0 Å². The van der Waals surface area contributed by atoms with E-state index in [2.05, 4.69) is 5.32 Å². The first-order valence-electron chi connectivity index (χ1n) is 9.57. The Balaban J connectivity index is 1.40. The Bertz CT molecular complexity index is 1120. The lowest BCUT2D eigenvalue weighted by atomic mass is 10.0. The van der Waals surface area contributed by atoms with Gasteiger partial charge in [0.05, 0.1) is 5.57 Å². The van der Waals surface area contributed by atoms with E-state index in [1.807, 2.05) is 48.5 Å². The monoisotopic (exact) mass is 419 g/mol. The third-order valence-electron chi connectivity index (χ3n) is 5.04. The second-order valence-electron chi connectivity index (χ2n) is 7.08. The van der Waals surface area contributed by atoms with Gasteiger partial charge in [0, 0.05) is 28.0 Å². The number of aromatic hydroxyl groups is 2. The number of aliphatic hydroxyl groups excluding tert-OH is 1. The molecule has 1 aliphatic heterocycles. The Morgan fingerprint density at radius 1 is 0.933 bits per heavy atom. The van der Waals surface area contributed by atoms with Gasteiger partial charge in [-0.15, -0.1) is 11.8 Å². The van der Waals surface area contributed by atoms with E-state index in [0.29, 0.717) is 35.4 Å². The highest BCUT2D eigenvalue weighted by molar-refractivity contribution is 7.99. The van der Waals surface area contributed by atoms with Crippen molar-refractivity contribution in [3.63, 3.8) is 0 Å². The highest BCUT2D eigenvalue weighted by Crippen LogP contribution is 2.36. The molecule has 0 saturated carbocycles. The summed E-state index contributed by atoms with van der Waals surface area (Å²) in [5.41, 5.74) is 3.53. The van der Waals surface area contributed by atoms with E-state index in [4.69, 9.17) is 0 Å². The second kappa shape index (κ2) is 8.55. The van der Waals surface area contributed by atoms with Crippen molar-refractivity contribution < 1.29 is 20.1 Å². The molecule has 0 spiro atoms. The number of hydrogen-bond acceptors (Lipinski definition) is 5. The topological polar surface area (TPSA) is 89.8 Å². The molecule has 0 unspecified atom stereocenters. The van der Waals surface area contributed by atoms with Gasteiger partial charge >= 0.3 is 0 Å². The molecule has 0 bridgehead atoms. The van der Waals surface area contributed by atoms with Crippen LogP contribution in [0.4, 0.5) is 5.69 Å². The fourth-order valence-electron chi connectivity index (χ4n) is 3.35. The number of carbonyl (C=O) groups is 1. The van der Waals surface area contributed by atoms with Gasteiger partial charge in [-0.3, -0.25) is 4.79 Å². The maximum absolute atomic E-state index is 12.7. The molecule has 0 aliphatic carbocycles. The minimum Gasteiger partial charge on any atom is -0.508 e. The Hall–Kier alpha value is -3.38. The number of fused-ring (bicyclic) bond motifs is 1. The van der Waals surface area contributed by atoms with Crippen LogP contribution >= 0.6 is 11.8 Å². The number of aliphatic hydroxyl groups is 1. The van der Waals surface area contributed by atoms with Crippen molar-refractivity contribution in [2.45, 2.75) is 17.7 Å². The predicted octanol–water partition coefficient (Wildman–Crippen LogP) is 4.90. The van der Waals surface area contributed by atoms with Crippen molar-refractivity contribution in [3.8, 4) is 11.5 Å². The number of phenolic OH excluding ortho intramolecular Hbond substituents is 2. The van der Waals surface area contributed by atoms with Crippen molar-refractivity contribution in [1.29, 1.82) is 0 Å². The van der Waals surface area contributed by atoms with Gasteiger partial charge in [-0.05, 0) is 48.2 Å². The molecule has 5 nitrogen and oxygen atoms in total. The number of aryl methyl sites for hydroxylation is 2. The first-order chi connectivity index (χ1) is 14.5. The molecule has 4 N–H and O–H groups in total. The summed E-state index contributed by atoms with van der Waals surface area (Å²) in [7, 11) is 0. The number of benzene rings is 3. The van der Waals surface area contributed by atoms with Crippen LogP contribution in [0.5, 0.6) is 11.5 Å². The average Bonchev–Trinajstić information content (AvgIpc) is 2.74. The van der Waals surface area contributed by atoms with Crippen molar-refractivity contribution in [2.24, 2.45) is 0 Å². The van der Waals surface area contributed by atoms with Crippen LogP contribution in [-0.2, 0) is 17.6 Å². The first-order valence-corrected chi connectivity index (χ1v) is 10.6. The van der Waals surface area contributed by atoms with Gasteiger partial charge in [0.2, 0.25) is 0 Å². The predicted molar refractivity (Wildman–Crippen MR) is 119 cm³/mol. The van der Waals surface area contributed by atoms with E-state index in [9.17, 15) is 20.1 Å². The van der Waals surface area contributed by atoms with Gasteiger partial charge in [0.15, 0.2) is 0 Å². The molecule has 1 amide bonds. The minimum absolute atomic E-state index is 0.0344. The van der Waals surface area contributed by atoms with E-state index in [-0.39, 0.29) is 23.2 Å². The third kappa shape index (κ3) is 4.28. The largest absolute Gasteiger partial charge is 0.508 e. The van der Waals surface area contributed by atoms with Crippen molar-refractivity contribution in [1.82, 2.24) is 0 Å². The molecule has 3 aromatic carbocycles. The number of anilines is 1. The first kappa shape index (κ1) is 19.9. The summed E-state index contributed by atoms with van der Waals surface area (Å²) in [4.78, 5) is 13.6. The van der Waals surface area contributed by atoms with Crippen LogP contribution in [0.25, 0.3) is 5.76 Å². The van der Waals surface area contributed by atoms with Crippen molar-refractivity contribution in [2.75, 3.05) is 11.1 Å². The summed E-state index contributed by atoms with van der Waals surface area (Å²) in [6.07, 6.45) is 1.35. The van der Waals surface area contributed by atoms with Crippen LogP contribution in [0, 0.1) is 0 Å². The number of thioether (sulfide) groups is 1. The van der Waals surface area contributed by atoms with Gasteiger partial charge in [-0.1, -0.05) is 36.4 Å². The normalized spacial score (nSPS) is 13.1. The lowest BCUT2D eigenvalue weighted by Gasteiger charge is -2.18. The number of phenols is 2. The molecule has 30 heavy (non-hydrogen) atoms. The fraction of sp³-hybridized carbons (Fsp3) is 0.125. The van der Waals surface area contributed by atoms with E-state index in [1.54, 1.807) is 12.1 Å². The zero-order valence-corrected chi connectivity index (χ0v) is 16.9. The Kier molecular flexibility index (Phi) is 5.68. The molecule has 4 rings (SSSR count). The Morgan fingerprint density at radius 2 is 1.70 bits per heavy atom. The summed E-state index contributed by atoms with van der Waals surface area (Å²) in [6, 6.07) is 19.6. The maximum Gasteiger partial charge on any atom is 0.256 e. The van der Waals surface area contributed by atoms with Gasteiger partial charge in [-0.25, -0.2) is 0 Å². The zero-order chi connectivity index (χ0) is 21.1. The highest BCUT2D eigenvalue weighted by Gasteiger charge is 2.23. The molecule has 6 heteroatoms. The van der Waals surface area contributed by atoms with E-state index in [1.165, 1.54) is 17.8 Å². The maximum atomic E-state index is 12.7. The van der Waals surface area contributed by atoms with E-state index < -0.39 is 0 Å². The molecule has 152 valence electrons. The summed E-state index contributed by atoms with van der Waals surface area (Å²) < 4.78 is 0. The Morgan fingerprint density at radius 3 is 2.47 bits per heavy atom. The molecule has 1 aliphatic rings. The molecular weight excluding hydrogens is 398 g/mol. The van der Waals surface area contributed by atoms with Crippen LogP contribution in [0.1, 0.15) is 16.7 Å². The van der Waals surface area contributed by atoms with Crippen LogP contribution in [0.2, 0.25) is 0 Å². The third-order valence-corrected chi connectivity index (χ3v) is 6.14. The van der Waals surface area contributed by atoms with Gasteiger partial charge in [-0.2, -0.15) is 0 Å². The molecule has 0 fully saturated rings. The summed E-state index contributed by atoms with van der Waals surface area (Å²) in [5, 5.41) is 32.6. The van der Waals surface area contributed by atoms with Crippen LogP contribution in [-0.4, -0.2) is 27.0 Å². The lowest BCUT2D eigenvalue weighted by molar-refractivity contribution is -0.112. The second-order valence-corrected chi connectivity index (χ2v) is 8.09. The van der Waals surface area contributed by atoms with Crippen LogP contribution in [0.3, 0.4) is 0 Å². The van der Waals surface area contributed by atoms with E-state index in [0.717, 1.165) is 16.0 Å². The lowest BCUT2D eigenvalue weighted by Crippen LogP contribution is -2.19. The Labute approximate surface area is 178 Å². The van der Waals surface area contributed by atoms with Crippen LogP contribution in [0.15, 0.2) is 77.2 Å². The van der Waals surface area contributed by atoms with Gasteiger partial charge in [0.1, 0.15) is 17.3 Å². The summed E-state index contributed by atoms with van der Waals surface area (Å²) >= 11 is 1.53. The number of rotatable bonds is 5. The zero-order valence-electron chi connectivity index (χ0n) is 16.1. The number of amides is 1. The molecule has 0 saturated heterocycles. The van der Waals surface area contributed by atoms with Crippen molar-refractivity contribution in [3.05, 3.63) is 89.0 Å². The molecule has 0 radical (unpaired) electrons.